The molecule has 2 aliphatic rings. The first-order valence-corrected chi connectivity index (χ1v) is 26.2. The van der Waals surface area contributed by atoms with Gasteiger partial charge in [0, 0.05) is 22.5 Å². The fraction of sp³-hybridized carbons (Fsp3) is 0.0541. The number of fused-ring (bicyclic) bond motifs is 7. The molecule has 0 saturated heterocycles. The SMILES string of the molecule is CC1(C)c2ccccc2-c2ccc(-c3ccc(N(c4ccc(-c5cccc(-c6cccc(-c7ccc8ccccc8c7)c6)c5)cc4)c4ccc5c(c4)C(c4ccccc4)(c4ccccc4)c4ccccc4-5)cc3)cc21. The fourth-order valence-electron chi connectivity index (χ4n) is 12.6. The van der Waals surface area contributed by atoms with E-state index >= 15 is 0 Å². The van der Waals surface area contributed by atoms with Gasteiger partial charge in [0.15, 0.2) is 0 Å². The van der Waals surface area contributed by atoms with Crippen LogP contribution in [0.4, 0.5) is 17.1 Å². The van der Waals surface area contributed by atoms with Crippen LogP contribution in [0.5, 0.6) is 0 Å². The van der Waals surface area contributed by atoms with Crippen LogP contribution in [0.1, 0.15) is 47.2 Å². The third-order valence-electron chi connectivity index (χ3n) is 16.3. The van der Waals surface area contributed by atoms with Crippen LogP contribution in [0.3, 0.4) is 0 Å². The lowest BCUT2D eigenvalue weighted by molar-refractivity contribution is 0.660. The zero-order valence-electron chi connectivity index (χ0n) is 42.1. The molecular weight excluding hydrogens is 903 g/mol. The van der Waals surface area contributed by atoms with Crippen molar-refractivity contribution in [3.63, 3.8) is 0 Å². The van der Waals surface area contributed by atoms with E-state index in [1.54, 1.807) is 0 Å². The molecule has 0 unspecified atom stereocenters. The van der Waals surface area contributed by atoms with E-state index in [2.05, 4.69) is 304 Å². The van der Waals surface area contributed by atoms with Gasteiger partial charge in [-0.1, -0.05) is 238 Å². The van der Waals surface area contributed by atoms with Gasteiger partial charge >= 0.3 is 0 Å². The van der Waals surface area contributed by atoms with Crippen LogP contribution in [0, 0.1) is 0 Å². The van der Waals surface area contributed by atoms with Crippen molar-refractivity contribution < 1.29 is 0 Å². The average molecular weight is 956 g/mol. The Morgan fingerprint density at radius 1 is 0.240 bits per heavy atom. The van der Waals surface area contributed by atoms with Gasteiger partial charge in [0.05, 0.1) is 5.41 Å². The summed E-state index contributed by atoms with van der Waals surface area (Å²) in [4.78, 5) is 2.44. The monoisotopic (exact) mass is 955 g/mol. The predicted molar refractivity (Wildman–Crippen MR) is 315 cm³/mol. The third kappa shape index (κ3) is 7.30. The molecule has 1 heteroatoms. The Labute approximate surface area is 440 Å². The van der Waals surface area contributed by atoms with Crippen LogP contribution in [-0.2, 0) is 10.8 Å². The summed E-state index contributed by atoms with van der Waals surface area (Å²) in [6.45, 7) is 4.71. The molecule has 0 N–H and O–H groups in total. The molecule has 0 aromatic heterocycles. The minimum absolute atomic E-state index is 0.0718. The fourth-order valence-corrected chi connectivity index (χ4v) is 12.6. The Bertz CT molecular complexity index is 4090. The van der Waals surface area contributed by atoms with E-state index in [0.29, 0.717) is 0 Å². The van der Waals surface area contributed by atoms with Crippen molar-refractivity contribution in [1.29, 1.82) is 0 Å². The van der Waals surface area contributed by atoms with Crippen molar-refractivity contribution in [1.82, 2.24) is 0 Å². The summed E-state index contributed by atoms with van der Waals surface area (Å²) < 4.78 is 0. The Morgan fingerprint density at radius 3 is 1.27 bits per heavy atom. The highest BCUT2D eigenvalue weighted by Crippen LogP contribution is 2.57. The molecule has 1 nitrogen and oxygen atoms in total. The Kier molecular flexibility index (Phi) is 10.5. The second kappa shape index (κ2) is 17.7. The molecule has 0 spiro atoms. The first kappa shape index (κ1) is 44.4. The smallest absolute Gasteiger partial charge is 0.0714 e. The van der Waals surface area contributed by atoms with Crippen LogP contribution in [0.2, 0.25) is 0 Å². The second-order valence-electron chi connectivity index (χ2n) is 20.8. The van der Waals surface area contributed by atoms with E-state index in [1.807, 2.05) is 0 Å². The summed E-state index contributed by atoms with van der Waals surface area (Å²) in [5, 5.41) is 2.51. The van der Waals surface area contributed by atoms with E-state index in [0.717, 1.165) is 17.1 Å². The van der Waals surface area contributed by atoms with Crippen LogP contribution < -0.4 is 4.90 Å². The van der Waals surface area contributed by atoms with Crippen molar-refractivity contribution >= 4 is 27.8 Å². The summed E-state index contributed by atoms with van der Waals surface area (Å²) >= 11 is 0. The summed E-state index contributed by atoms with van der Waals surface area (Å²) in [6.07, 6.45) is 0. The summed E-state index contributed by atoms with van der Waals surface area (Å²) in [5.41, 5.74) is 25.4. The van der Waals surface area contributed by atoms with Crippen molar-refractivity contribution in [2.45, 2.75) is 24.7 Å². The molecule has 0 amide bonds. The molecule has 0 radical (unpaired) electrons. The van der Waals surface area contributed by atoms with E-state index in [9.17, 15) is 0 Å². The third-order valence-corrected chi connectivity index (χ3v) is 16.3. The summed E-state index contributed by atoms with van der Waals surface area (Å²) in [5.74, 6) is 0. The standard InChI is InChI=1S/C74H53N/c1-73(2)69-29-13-11-27-65(69)67-43-37-59(48-71(67)73)52-35-40-63(41-36-52)75(64-42-44-68-66-28-12-14-30-70(66)74(72(68)49-64,60-23-5-3-6-24-60)61-25-7-4-8-26-61)62-38-33-51(34-39-62)54-19-15-20-55(45-54)56-21-16-22-57(47-56)58-32-31-50-17-9-10-18-53(50)46-58/h3-49H,1-2H3. The first-order valence-electron chi connectivity index (χ1n) is 26.2. The predicted octanol–water partition coefficient (Wildman–Crippen LogP) is 19.6. The molecular formula is C74H53N. The van der Waals surface area contributed by atoms with Crippen LogP contribution >= 0.6 is 0 Å². The number of hydrogen-bond acceptors (Lipinski definition) is 1. The lowest BCUT2D eigenvalue weighted by Gasteiger charge is -2.35. The molecule has 0 bridgehead atoms. The maximum atomic E-state index is 2.47. The van der Waals surface area contributed by atoms with Crippen molar-refractivity contribution in [3.05, 3.63) is 318 Å². The molecule has 0 heterocycles. The Morgan fingerprint density at radius 2 is 0.653 bits per heavy atom. The van der Waals surface area contributed by atoms with Crippen LogP contribution in [-0.4, -0.2) is 0 Å². The van der Waals surface area contributed by atoms with E-state index in [-0.39, 0.29) is 5.41 Å². The maximum absolute atomic E-state index is 2.47. The van der Waals surface area contributed by atoms with Gasteiger partial charge in [-0.05, 0) is 172 Å². The highest BCUT2D eigenvalue weighted by molar-refractivity contribution is 5.92. The highest BCUT2D eigenvalue weighted by atomic mass is 15.1. The second-order valence-corrected chi connectivity index (χ2v) is 20.8. The Hall–Kier alpha value is -9.30. The maximum Gasteiger partial charge on any atom is 0.0714 e. The Balaban J connectivity index is 0.871. The number of rotatable bonds is 9. The molecule has 14 rings (SSSR count). The van der Waals surface area contributed by atoms with Gasteiger partial charge in [0.2, 0.25) is 0 Å². The summed E-state index contributed by atoms with van der Waals surface area (Å²) in [6, 6.07) is 106. The minimum Gasteiger partial charge on any atom is -0.310 e. The molecule has 0 aliphatic heterocycles. The topological polar surface area (TPSA) is 3.24 Å². The van der Waals surface area contributed by atoms with Gasteiger partial charge in [-0.15, -0.1) is 0 Å². The van der Waals surface area contributed by atoms with Crippen molar-refractivity contribution in [3.8, 4) is 66.8 Å². The molecule has 12 aromatic rings. The molecule has 2 aliphatic carbocycles. The van der Waals surface area contributed by atoms with Gasteiger partial charge in [0.1, 0.15) is 0 Å². The van der Waals surface area contributed by atoms with Crippen molar-refractivity contribution in [2.75, 3.05) is 4.90 Å². The molecule has 12 aromatic carbocycles. The lowest BCUT2D eigenvalue weighted by atomic mass is 9.67. The molecule has 75 heavy (non-hydrogen) atoms. The number of hydrogen-bond donors (Lipinski definition) is 0. The zero-order valence-corrected chi connectivity index (χ0v) is 42.1. The van der Waals surface area contributed by atoms with Crippen LogP contribution in [0.15, 0.2) is 285 Å². The number of benzene rings is 12. The molecule has 0 saturated carbocycles. The first-order chi connectivity index (χ1) is 36.9. The van der Waals surface area contributed by atoms with E-state index in [1.165, 1.54) is 111 Å². The van der Waals surface area contributed by atoms with Gasteiger partial charge in [-0.2, -0.15) is 0 Å². The molecule has 0 fully saturated rings. The largest absolute Gasteiger partial charge is 0.310 e. The number of anilines is 3. The highest BCUT2D eigenvalue weighted by Gasteiger charge is 2.46. The normalized spacial score (nSPS) is 13.4. The van der Waals surface area contributed by atoms with E-state index in [4.69, 9.17) is 0 Å². The summed E-state index contributed by atoms with van der Waals surface area (Å²) in [7, 11) is 0. The van der Waals surface area contributed by atoms with E-state index < -0.39 is 5.41 Å². The number of nitrogens with zero attached hydrogens (tertiary/aromatic N) is 1. The van der Waals surface area contributed by atoms with Gasteiger partial charge < -0.3 is 4.90 Å². The minimum atomic E-state index is -0.523. The van der Waals surface area contributed by atoms with Crippen molar-refractivity contribution in [2.24, 2.45) is 0 Å². The quantitative estimate of drug-likeness (QED) is 0.139. The average Bonchev–Trinajstić information content (AvgIpc) is 3.90. The lowest BCUT2D eigenvalue weighted by Crippen LogP contribution is -2.28. The van der Waals surface area contributed by atoms with Gasteiger partial charge in [-0.3, -0.25) is 0 Å². The van der Waals surface area contributed by atoms with Gasteiger partial charge in [-0.25, -0.2) is 0 Å². The zero-order chi connectivity index (χ0) is 50.1. The van der Waals surface area contributed by atoms with Gasteiger partial charge in [0.25, 0.3) is 0 Å². The van der Waals surface area contributed by atoms with Crippen LogP contribution in [0.25, 0.3) is 77.5 Å². The molecule has 354 valence electrons. The molecule has 0 atom stereocenters.